The van der Waals surface area contributed by atoms with Gasteiger partial charge >= 0.3 is 0 Å². The van der Waals surface area contributed by atoms with Gasteiger partial charge in [-0.05, 0) is 36.5 Å². The summed E-state index contributed by atoms with van der Waals surface area (Å²) in [6.45, 7) is 3.37. The lowest BCUT2D eigenvalue weighted by Crippen LogP contribution is -2.40. The van der Waals surface area contributed by atoms with Crippen molar-refractivity contribution >= 4 is 45.4 Å². The summed E-state index contributed by atoms with van der Waals surface area (Å²) >= 11 is 4.92. The van der Waals surface area contributed by atoms with E-state index in [9.17, 15) is 8.42 Å². The van der Waals surface area contributed by atoms with E-state index in [1.807, 2.05) is 0 Å². The maximum atomic E-state index is 11.0. The molecule has 0 aromatic heterocycles. The number of sulfonamides is 1. The SMILES string of the molecule is C=NN(C(=S)NN)c1ccc(NS(C)(=O)=O)cc1. The number of rotatable bonds is 4. The molecule has 0 saturated heterocycles. The molecule has 7 nitrogen and oxygen atoms in total. The van der Waals surface area contributed by atoms with Crippen LogP contribution in [0.5, 0.6) is 0 Å². The van der Waals surface area contributed by atoms with Crippen LogP contribution in [-0.4, -0.2) is 26.5 Å². The number of nitrogens with two attached hydrogens (primary N) is 1. The second-order valence-electron chi connectivity index (χ2n) is 3.32. The maximum absolute atomic E-state index is 11.0. The second-order valence-corrected chi connectivity index (χ2v) is 5.46. The molecule has 4 N–H and O–H groups in total. The molecule has 0 aliphatic heterocycles. The van der Waals surface area contributed by atoms with Crippen LogP contribution in [0, 0.1) is 0 Å². The number of hydrogen-bond donors (Lipinski definition) is 3. The average Bonchev–Trinajstić information content (AvgIpc) is 2.30. The van der Waals surface area contributed by atoms with Gasteiger partial charge in [-0.15, -0.1) is 0 Å². The molecule has 1 aromatic rings. The minimum atomic E-state index is -3.29. The van der Waals surface area contributed by atoms with Gasteiger partial charge in [-0.1, -0.05) is 0 Å². The van der Waals surface area contributed by atoms with Gasteiger partial charge in [-0.25, -0.2) is 19.3 Å². The van der Waals surface area contributed by atoms with Crippen LogP contribution in [0.25, 0.3) is 0 Å². The molecule has 0 radical (unpaired) electrons. The molecule has 1 aromatic carbocycles. The van der Waals surface area contributed by atoms with E-state index < -0.39 is 10.0 Å². The topological polar surface area (TPSA) is 99.8 Å². The fraction of sp³-hybridized carbons (Fsp3) is 0.111. The van der Waals surface area contributed by atoms with Crippen molar-refractivity contribution in [1.29, 1.82) is 0 Å². The Bertz CT molecular complexity index is 541. The standard InChI is InChI=1S/C9H13N5O2S2/c1-11-14(9(17)12-10)8-5-3-7(4-6-8)13-18(2,15)16/h3-6,13H,1,10H2,2H3,(H,12,17). The fourth-order valence-electron chi connectivity index (χ4n) is 1.21. The molecule has 0 aliphatic carbocycles. The quantitative estimate of drug-likeness (QED) is 0.317. The Labute approximate surface area is 111 Å². The third-order valence-corrected chi connectivity index (χ3v) is 2.77. The summed E-state index contributed by atoms with van der Waals surface area (Å²) in [5, 5.41) is 5.17. The Morgan fingerprint density at radius 1 is 1.44 bits per heavy atom. The van der Waals surface area contributed by atoms with Gasteiger partial charge < -0.3 is 0 Å². The number of hydrogen-bond acceptors (Lipinski definition) is 5. The van der Waals surface area contributed by atoms with Gasteiger partial charge in [-0.3, -0.25) is 10.1 Å². The molecule has 18 heavy (non-hydrogen) atoms. The number of hydrazine groups is 1. The van der Waals surface area contributed by atoms with Crippen molar-refractivity contribution in [2.45, 2.75) is 0 Å². The van der Waals surface area contributed by atoms with Crippen molar-refractivity contribution in [3.8, 4) is 0 Å². The lowest BCUT2D eigenvalue weighted by atomic mass is 10.3. The van der Waals surface area contributed by atoms with Crippen LogP contribution < -0.4 is 21.0 Å². The summed E-state index contributed by atoms with van der Waals surface area (Å²) in [6.07, 6.45) is 1.08. The third kappa shape index (κ3) is 3.95. The van der Waals surface area contributed by atoms with E-state index in [-0.39, 0.29) is 5.11 Å². The first-order valence-corrected chi connectivity index (χ1v) is 7.02. The predicted molar refractivity (Wildman–Crippen MR) is 76.9 cm³/mol. The van der Waals surface area contributed by atoms with Crippen LogP contribution in [0.15, 0.2) is 29.4 Å². The molecular weight excluding hydrogens is 274 g/mol. The summed E-state index contributed by atoms with van der Waals surface area (Å²) in [6, 6.07) is 6.42. The largest absolute Gasteiger partial charge is 0.299 e. The molecule has 0 spiro atoms. The predicted octanol–water partition coefficient (Wildman–Crippen LogP) is 0.228. The van der Waals surface area contributed by atoms with Gasteiger partial charge in [0.25, 0.3) is 0 Å². The van der Waals surface area contributed by atoms with Crippen molar-refractivity contribution in [3.05, 3.63) is 24.3 Å². The molecule has 98 valence electrons. The minimum absolute atomic E-state index is 0.175. The van der Waals surface area contributed by atoms with E-state index in [0.717, 1.165) is 6.26 Å². The molecule has 0 unspecified atom stereocenters. The van der Waals surface area contributed by atoms with Gasteiger partial charge in [0.2, 0.25) is 15.1 Å². The molecule has 0 aliphatic rings. The molecule has 0 bridgehead atoms. The average molecular weight is 287 g/mol. The van der Waals surface area contributed by atoms with Crippen molar-refractivity contribution in [1.82, 2.24) is 5.43 Å². The monoisotopic (exact) mass is 287 g/mol. The van der Waals surface area contributed by atoms with Crippen molar-refractivity contribution < 1.29 is 8.42 Å². The number of anilines is 2. The summed E-state index contributed by atoms with van der Waals surface area (Å²) < 4.78 is 24.4. The normalized spacial score (nSPS) is 10.6. The first-order valence-electron chi connectivity index (χ1n) is 4.72. The van der Waals surface area contributed by atoms with Crippen LogP contribution in [0.3, 0.4) is 0 Å². The van der Waals surface area contributed by atoms with E-state index in [0.29, 0.717) is 11.4 Å². The molecule has 0 amide bonds. The van der Waals surface area contributed by atoms with Gasteiger partial charge in [0.05, 0.1) is 11.9 Å². The molecule has 0 fully saturated rings. The Morgan fingerprint density at radius 3 is 2.39 bits per heavy atom. The van der Waals surface area contributed by atoms with Crippen LogP contribution in [0.2, 0.25) is 0 Å². The summed E-state index contributed by atoms with van der Waals surface area (Å²) in [7, 11) is -3.29. The second kappa shape index (κ2) is 5.76. The number of hydrazone groups is 1. The molecule has 9 heteroatoms. The van der Waals surface area contributed by atoms with Gasteiger partial charge in [-0.2, -0.15) is 5.10 Å². The smallest absolute Gasteiger partial charge is 0.229 e. The summed E-state index contributed by atoms with van der Waals surface area (Å²) in [4.78, 5) is 0. The fourth-order valence-corrected chi connectivity index (χ4v) is 1.94. The zero-order valence-corrected chi connectivity index (χ0v) is 11.3. The van der Waals surface area contributed by atoms with Crippen LogP contribution in [-0.2, 0) is 10.0 Å². The molecular formula is C9H13N5O2S2. The van der Waals surface area contributed by atoms with Crippen molar-refractivity contribution in [2.75, 3.05) is 16.0 Å². The van der Waals surface area contributed by atoms with E-state index in [2.05, 4.69) is 22.0 Å². The number of benzene rings is 1. The van der Waals surface area contributed by atoms with E-state index in [4.69, 9.17) is 18.1 Å². The lowest BCUT2D eigenvalue weighted by molar-refractivity contribution is 0.607. The van der Waals surface area contributed by atoms with Crippen molar-refractivity contribution in [2.24, 2.45) is 10.9 Å². The number of nitrogens with one attached hydrogen (secondary N) is 2. The Morgan fingerprint density at radius 2 is 2.00 bits per heavy atom. The highest BCUT2D eigenvalue weighted by atomic mass is 32.2. The first kappa shape index (κ1) is 14.4. The summed E-state index contributed by atoms with van der Waals surface area (Å²) in [5.41, 5.74) is 3.32. The zero-order valence-electron chi connectivity index (χ0n) is 9.62. The Kier molecular flexibility index (Phi) is 4.59. The first-order chi connectivity index (χ1) is 8.37. The highest BCUT2D eigenvalue weighted by Gasteiger charge is 2.09. The van der Waals surface area contributed by atoms with E-state index in [1.54, 1.807) is 24.3 Å². The van der Waals surface area contributed by atoms with Crippen LogP contribution in [0.1, 0.15) is 0 Å². The zero-order chi connectivity index (χ0) is 13.8. The van der Waals surface area contributed by atoms with Gasteiger partial charge in [0, 0.05) is 12.4 Å². The number of thiocarbonyl (C=S) groups is 1. The van der Waals surface area contributed by atoms with E-state index >= 15 is 0 Å². The molecule has 0 atom stereocenters. The highest BCUT2D eigenvalue weighted by molar-refractivity contribution is 7.92. The molecule has 0 heterocycles. The lowest BCUT2D eigenvalue weighted by Gasteiger charge is -2.18. The minimum Gasteiger partial charge on any atom is -0.299 e. The maximum Gasteiger partial charge on any atom is 0.229 e. The summed E-state index contributed by atoms with van der Waals surface area (Å²) in [5.74, 6) is 5.19. The van der Waals surface area contributed by atoms with E-state index in [1.165, 1.54) is 5.01 Å². The Hall–Kier alpha value is -1.71. The van der Waals surface area contributed by atoms with Gasteiger partial charge in [0.1, 0.15) is 0 Å². The van der Waals surface area contributed by atoms with Crippen LogP contribution >= 0.6 is 12.2 Å². The Balaban J connectivity index is 2.94. The van der Waals surface area contributed by atoms with Crippen LogP contribution in [0.4, 0.5) is 11.4 Å². The highest BCUT2D eigenvalue weighted by Crippen LogP contribution is 2.18. The molecule has 0 saturated carbocycles. The van der Waals surface area contributed by atoms with Crippen molar-refractivity contribution in [3.63, 3.8) is 0 Å². The van der Waals surface area contributed by atoms with Gasteiger partial charge in [0.15, 0.2) is 0 Å². The third-order valence-electron chi connectivity index (χ3n) is 1.87. The molecule has 1 rings (SSSR count). The number of nitrogens with zero attached hydrogens (tertiary/aromatic N) is 2.